The lowest BCUT2D eigenvalue weighted by Crippen LogP contribution is -2.55. The Bertz CT molecular complexity index is 1120. The van der Waals surface area contributed by atoms with Crippen molar-refractivity contribution in [2.75, 3.05) is 49.3 Å². The van der Waals surface area contributed by atoms with Crippen molar-refractivity contribution in [3.8, 4) is 0 Å². The molecule has 0 saturated carbocycles. The van der Waals surface area contributed by atoms with Gasteiger partial charge in [0.2, 0.25) is 0 Å². The summed E-state index contributed by atoms with van der Waals surface area (Å²) in [5.41, 5.74) is 0.509. The second kappa shape index (κ2) is 7.46. The number of anilines is 1. The van der Waals surface area contributed by atoms with Crippen LogP contribution in [0.3, 0.4) is 0 Å². The lowest BCUT2D eigenvalue weighted by Gasteiger charge is -2.41. The summed E-state index contributed by atoms with van der Waals surface area (Å²) in [6.45, 7) is 2.53. The third-order valence-corrected chi connectivity index (χ3v) is 8.78. The van der Waals surface area contributed by atoms with E-state index < -0.39 is 9.84 Å². The molecule has 0 N–H and O–H groups in total. The SMILES string of the molecule is CN1CCN(c2nc(=O)n3c4c(c(Br)c(Cl)cc24)SCC3)[C@H](CS(C)(=O)=O)C1. The van der Waals surface area contributed by atoms with Crippen molar-refractivity contribution < 1.29 is 8.42 Å². The maximum absolute atomic E-state index is 12.8. The van der Waals surface area contributed by atoms with E-state index >= 15 is 0 Å². The van der Waals surface area contributed by atoms with Crippen molar-refractivity contribution in [1.82, 2.24) is 14.5 Å². The second-order valence-corrected chi connectivity index (χ2v) is 11.8. The summed E-state index contributed by atoms with van der Waals surface area (Å²) in [7, 11) is -1.22. The summed E-state index contributed by atoms with van der Waals surface area (Å²) in [4.78, 5) is 22.2. The van der Waals surface area contributed by atoms with Crippen LogP contribution in [0.4, 0.5) is 5.82 Å². The molecule has 2 aliphatic rings. The van der Waals surface area contributed by atoms with Gasteiger partial charge in [-0.25, -0.2) is 13.2 Å². The maximum Gasteiger partial charge on any atom is 0.350 e. The van der Waals surface area contributed by atoms with Crippen LogP contribution >= 0.6 is 39.3 Å². The van der Waals surface area contributed by atoms with Crippen LogP contribution in [-0.4, -0.2) is 73.4 Å². The molecule has 1 saturated heterocycles. The van der Waals surface area contributed by atoms with Crippen LogP contribution in [0.25, 0.3) is 10.9 Å². The molecule has 1 aromatic heterocycles. The second-order valence-electron chi connectivity index (χ2n) is 7.32. The Kier molecular flexibility index (Phi) is 5.45. The molecule has 0 amide bonds. The zero-order valence-corrected chi connectivity index (χ0v) is 19.5. The number of aryl methyl sites for hydroxylation is 1. The van der Waals surface area contributed by atoms with Gasteiger partial charge in [0.25, 0.3) is 0 Å². The highest BCUT2D eigenvalue weighted by Gasteiger charge is 2.32. The predicted molar refractivity (Wildman–Crippen MR) is 118 cm³/mol. The quantitative estimate of drug-likeness (QED) is 0.630. The summed E-state index contributed by atoms with van der Waals surface area (Å²) in [5.74, 6) is 1.30. The Hall–Kier alpha value is -0.810. The topological polar surface area (TPSA) is 75.5 Å². The van der Waals surface area contributed by atoms with Crippen LogP contribution in [0.5, 0.6) is 0 Å². The molecule has 0 aliphatic carbocycles. The number of rotatable bonds is 3. The number of thioether (sulfide) groups is 1. The number of nitrogens with zero attached hydrogens (tertiary/aromatic N) is 4. The number of hydrogen-bond donors (Lipinski definition) is 0. The van der Waals surface area contributed by atoms with Crippen molar-refractivity contribution in [3.63, 3.8) is 0 Å². The molecule has 0 bridgehead atoms. The maximum atomic E-state index is 12.8. The van der Waals surface area contributed by atoms with Crippen LogP contribution in [0.15, 0.2) is 20.2 Å². The van der Waals surface area contributed by atoms with Crippen molar-refractivity contribution >= 4 is 65.9 Å². The fourth-order valence-electron chi connectivity index (χ4n) is 3.92. The molecule has 11 heteroatoms. The third-order valence-electron chi connectivity index (χ3n) is 5.11. The first-order valence-corrected chi connectivity index (χ1v) is 13.1. The lowest BCUT2D eigenvalue weighted by atomic mass is 10.1. The van der Waals surface area contributed by atoms with Crippen LogP contribution in [0.1, 0.15) is 0 Å². The number of halogens is 2. The molecule has 0 radical (unpaired) electrons. The first kappa shape index (κ1) is 20.5. The lowest BCUT2D eigenvalue weighted by molar-refractivity contribution is 0.275. The highest BCUT2D eigenvalue weighted by atomic mass is 79.9. The van der Waals surface area contributed by atoms with Crippen LogP contribution < -0.4 is 10.6 Å². The minimum Gasteiger partial charge on any atom is -0.349 e. The molecule has 1 aromatic carbocycles. The molecule has 2 aromatic rings. The Morgan fingerprint density at radius 3 is 2.82 bits per heavy atom. The summed E-state index contributed by atoms with van der Waals surface area (Å²) in [6, 6.07) is 1.55. The summed E-state index contributed by atoms with van der Waals surface area (Å²) in [5, 5.41) is 1.34. The van der Waals surface area contributed by atoms with Gasteiger partial charge in [-0.15, -0.1) is 11.8 Å². The van der Waals surface area contributed by atoms with Crippen LogP contribution in [0, 0.1) is 0 Å². The smallest absolute Gasteiger partial charge is 0.349 e. The van der Waals surface area contributed by atoms with Gasteiger partial charge in [0.15, 0.2) is 0 Å². The molecular weight excluding hydrogens is 488 g/mol. The van der Waals surface area contributed by atoms with E-state index in [1.807, 2.05) is 18.0 Å². The monoisotopic (exact) mass is 506 g/mol. The highest BCUT2D eigenvalue weighted by Crippen LogP contribution is 2.43. The molecule has 1 atom stereocenters. The number of sulfone groups is 1. The average molecular weight is 508 g/mol. The molecular formula is C17H20BrClN4O3S2. The molecule has 2 aliphatic heterocycles. The highest BCUT2D eigenvalue weighted by molar-refractivity contribution is 9.10. The largest absolute Gasteiger partial charge is 0.350 e. The molecule has 0 spiro atoms. The van der Waals surface area contributed by atoms with E-state index in [0.29, 0.717) is 30.5 Å². The van der Waals surface area contributed by atoms with Gasteiger partial charge in [-0.05, 0) is 29.0 Å². The fourth-order valence-corrected chi connectivity index (χ4v) is 6.88. The predicted octanol–water partition coefficient (Wildman–Crippen LogP) is 2.08. The Balaban J connectivity index is 1.95. The summed E-state index contributed by atoms with van der Waals surface area (Å²) >= 11 is 11.7. The van der Waals surface area contributed by atoms with Gasteiger partial charge < -0.3 is 9.80 Å². The van der Waals surface area contributed by atoms with Gasteiger partial charge in [0, 0.05) is 48.5 Å². The van der Waals surface area contributed by atoms with Gasteiger partial charge in [-0.1, -0.05) is 11.6 Å². The zero-order chi connectivity index (χ0) is 20.2. The Morgan fingerprint density at radius 2 is 2.11 bits per heavy atom. The number of hydrogen-bond acceptors (Lipinski definition) is 7. The molecule has 3 heterocycles. The first-order valence-electron chi connectivity index (χ1n) is 8.84. The molecule has 4 rings (SSSR count). The normalized spacial score (nSPS) is 20.7. The first-order chi connectivity index (χ1) is 13.2. The third kappa shape index (κ3) is 3.69. The minimum absolute atomic E-state index is 0.00939. The van der Waals surface area contributed by atoms with Gasteiger partial charge >= 0.3 is 5.69 Å². The minimum atomic E-state index is -3.19. The Morgan fingerprint density at radius 1 is 1.36 bits per heavy atom. The zero-order valence-electron chi connectivity index (χ0n) is 15.5. The van der Waals surface area contributed by atoms with Gasteiger partial charge in [-0.2, -0.15) is 4.98 Å². The number of benzene rings is 1. The molecule has 0 unspecified atom stereocenters. The van der Waals surface area contributed by atoms with E-state index in [1.54, 1.807) is 16.3 Å². The molecule has 1 fully saturated rings. The average Bonchev–Trinajstić information content (AvgIpc) is 2.61. The molecule has 7 nitrogen and oxygen atoms in total. The summed E-state index contributed by atoms with van der Waals surface area (Å²) in [6.07, 6.45) is 1.24. The van der Waals surface area contributed by atoms with Crippen LogP contribution in [0.2, 0.25) is 5.02 Å². The van der Waals surface area contributed by atoms with E-state index in [4.69, 9.17) is 11.6 Å². The van der Waals surface area contributed by atoms with E-state index in [-0.39, 0.29) is 17.5 Å². The standard InChI is InChI=1S/C17H20BrClN4O3S2/c1-21-3-4-22(10(8-21)9-28(2,25)26)16-11-7-12(19)13(18)15-14(11)23(5-6-27-15)17(24)20-16/h7,10H,3-6,8-9H2,1-2H3/t10-/m0/s1. The van der Waals surface area contributed by atoms with Gasteiger partial charge in [0.1, 0.15) is 15.7 Å². The fraction of sp³-hybridized carbons (Fsp3) is 0.529. The van der Waals surface area contributed by atoms with Crippen molar-refractivity contribution in [3.05, 3.63) is 26.0 Å². The number of piperazine rings is 1. The van der Waals surface area contributed by atoms with Gasteiger partial charge in [0.05, 0.1) is 26.8 Å². The van der Waals surface area contributed by atoms with Crippen molar-refractivity contribution in [2.45, 2.75) is 17.5 Å². The number of aromatic nitrogens is 2. The summed E-state index contributed by atoms with van der Waals surface area (Å²) < 4.78 is 26.5. The van der Waals surface area contributed by atoms with Crippen molar-refractivity contribution in [1.29, 1.82) is 0 Å². The van der Waals surface area contributed by atoms with Gasteiger partial charge in [-0.3, -0.25) is 4.57 Å². The van der Waals surface area contributed by atoms with E-state index in [0.717, 1.165) is 32.6 Å². The number of likely N-dealkylation sites (N-methyl/N-ethyl adjacent to an activating group) is 1. The van der Waals surface area contributed by atoms with E-state index in [1.165, 1.54) is 6.26 Å². The Labute approximate surface area is 181 Å². The van der Waals surface area contributed by atoms with E-state index in [9.17, 15) is 13.2 Å². The van der Waals surface area contributed by atoms with Crippen molar-refractivity contribution in [2.24, 2.45) is 0 Å². The molecule has 152 valence electrons. The molecule has 28 heavy (non-hydrogen) atoms. The van der Waals surface area contributed by atoms with E-state index in [2.05, 4.69) is 25.8 Å². The van der Waals surface area contributed by atoms with Crippen LogP contribution in [-0.2, 0) is 16.4 Å².